The van der Waals surface area contributed by atoms with Gasteiger partial charge in [-0.2, -0.15) is 26.2 Å². The molecule has 0 saturated carbocycles. The Morgan fingerprint density at radius 2 is 0.923 bits per heavy atom. The van der Waals surface area contributed by atoms with Gasteiger partial charge in [-0.3, -0.25) is 0 Å². The number of rotatable bonds is 2. The van der Waals surface area contributed by atoms with Gasteiger partial charge < -0.3 is 22.9 Å². The minimum atomic E-state index is -1.25. The molecule has 0 aromatic carbocycles. The summed E-state index contributed by atoms with van der Waals surface area (Å²) in [6.07, 6.45) is 0. The van der Waals surface area contributed by atoms with Gasteiger partial charge in [0.1, 0.15) is 4.91 Å². The summed E-state index contributed by atoms with van der Waals surface area (Å²) in [6, 6.07) is 0. The predicted molar refractivity (Wildman–Crippen MR) is 44.0 cm³/mol. The largest absolute Gasteiger partial charge is 2.00 e. The van der Waals surface area contributed by atoms with Crippen LogP contribution in [0.4, 0.5) is 0 Å². The van der Waals surface area contributed by atoms with Crippen molar-refractivity contribution in [2.45, 2.75) is 0 Å². The smallest absolute Gasteiger partial charge is 0.679 e. The summed E-state index contributed by atoms with van der Waals surface area (Å²) < 4.78 is 0. The van der Waals surface area contributed by atoms with Gasteiger partial charge in [0, 0.05) is 0 Å². The molecule has 0 aromatic rings. The molecule has 9 heteroatoms. The predicted octanol–water partition coefficient (Wildman–Crippen LogP) is 1.72. The van der Waals surface area contributed by atoms with Crippen LogP contribution in [0, 0.1) is 4.91 Å². The average Bonchev–Trinajstić information content (AvgIpc) is 2.03. The van der Waals surface area contributed by atoms with Crippen LogP contribution in [0.1, 0.15) is 0 Å². The Bertz CT molecular complexity index is 74.2. The van der Waals surface area contributed by atoms with Crippen molar-refractivity contribution in [3.63, 3.8) is 0 Å². The second-order valence-corrected chi connectivity index (χ2v) is 1.25. The van der Waals surface area contributed by atoms with Gasteiger partial charge in [-0.05, 0) is 0 Å². The maximum atomic E-state index is 8.47. The van der Waals surface area contributed by atoms with Crippen LogP contribution in [0.2, 0.25) is 0 Å². The van der Waals surface area contributed by atoms with Gasteiger partial charge in [0.25, 0.3) is 0 Å². The van der Waals surface area contributed by atoms with Crippen molar-refractivity contribution in [2.24, 2.45) is 0 Å². The van der Waals surface area contributed by atoms with E-state index in [9.17, 15) is 0 Å². The van der Waals surface area contributed by atoms with Crippen LogP contribution in [0.25, 0.3) is 22.9 Å². The third kappa shape index (κ3) is 434. The molecule has 13 heavy (non-hydrogen) atoms. The topological polar surface area (TPSA) is 156 Å². The van der Waals surface area contributed by atoms with Gasteiger partial charge in [-0.15, -0.1) is 0 Å². The molecule has 0 atom stereocenters. The van der Waals surface area contributed by atoms with Crippen LogP contribution in [-0.4, -0.2) is 41.7 Å². The molecule has 0 heterocycles. The maximum absolute atomic E-state index is 8.47. The van der Waals surface area contributed by atoms with E-state index in [1.165, 1.54) is 0 Å². The first-order chi connectivity index (χ1) is 5.56. The SMILES string of the molecule is O=[N+](O)O.[Cu+2].[NH-]CC[NH-].[NH-]CC[NH-]. The summed E-state index contributed by atoms with van der Waals surface area (Å²) in [6.45, 7) is 0.944. The molecule has 0 spiro atoms. The summed E-state index contributed by atoms with van der Waals surface area (Å²) in [4.78, 5) is 8.47. The van der Waals surface area contributed by atoms with E-state index >= 15 is 0 Å². The van der Waals surface area contributed by atoms with Gasteiger partial charge in [0.2, 0.25) is 0 Å². The second kappa shape index (κ2) is 30.0. The van der Waals surface area contributed by atoms with Gasteiger partial charge in [-0.1, -0.05) is 0 Å². The Balaban J connectivity index is -0.0000000450. The Labute approximate surface area is 87.2 Å². The molecule has 0 saturated heterocycles. The minimum Gasteiger partial charge on any atom is -0.679 e. The number of hydrogen-bond donors (Lipinski definition) is 2. The van der Waals surface area contributed by atoms with Crippen LogP contribution in [0.3, 0.4) is 0 Å². The summed E-state index contributed by atoms with van der Waals surface area (Å²) in [7, 11) is 0. The number of nitrogens with one attached hydrogen (secondary N) is 4. The molecular formula is C4H14CuN5O3-. The molecule has 0 aliphatic carbocycles. The van der Waals surface area contributed by atoms with Gasteiger partial charge in [0.15, 0.2) is 0 Å². The summed E-state index contributed by atoms with van der Waals surface area (Å²) in [5, 5.41) is 12.5. The Kier molecular flexibility index (Phi) is 52.8. The van der Waals surface area contributed by atoms with E-state index in [1.807, 2.05) is 0 Å². The first-order valence-electron chi connectivity index (χ1n) is 3.00. The van der Waals surface area contributed by atoms with Crippen LogP contribution >= 0.6 is 0 Å². The fourth-order valence-corrected chi connectivity index (χ4v) is 0. The third-order valence-corrected chi connectivity index (χ3v) is 0.250. The molecule has 8 nitrogen and oxygen atoms in total. The quantitative estimate of drug-likeness (QED) is 0.560. The van der Waals surface area contributed by atoms with E-state index in [4.69, 9.17) is 38.3 Å². The summed E-state index contributed by atoms with van der Waals surface area (Å²) in [5.74, 6) is 0. The molecule has 0 bridgehead atoms. The minimum absolute atomic E-state index is 0. The maximum Gasteiger partial charge on any atom is 2.00 e. The molecule has 0 rings (SSSR count). The second-order valence-electron chi connectivity index (χ2n) is 1.25. The van der Waals surface area contributed by atoms with E-state index in [0.717, 1.165) is 0 Å². The van der Waals surface area contributed by atoms with Crippen molar-refractivity contribution in [3.8, 4) is 0 Å². The van der Waals surface area contributed by atoms with Crippen LogP contribution in [0.5, 0.6) is 0 Å². The zero-order valence-corrected chi connectivity index (χ0v) is 7.82. The van der Waals surface area contributed by atoms with Crippen molar-refractivity contribution in [1.82, 2.24) is 0 Å². The Morgan fingerprint density at radius 1 is 0.846 bits per heavy atom. The van der Waals surface area contributed by atoms with Crippen LogP contribution < -0.4 is 0 Å². The fraction of sp³-hybridized carbons (Fsp3) is 1.00. The van der Waals surface area contributed by atoms with E-state index in [1.54, 1.807) is 0 Å². The molecule has 0 aromatic heterocycles. The zero-order valence-electron chi connectivity index (χ0n) is 6.88. The van der Waals surface area contributed by atoms with E-state index in [2.05, 4.69) is 0 Å². The standard InChI is InChI=1S/2C2H6N2.Cu.H2NO3/c2*3-1-2-4;;2-1(3)4/h2*3-4H,1-2H2;;(H2,2,3,4)/q2*-2;+2;+1. The van der Waals surface area contributed by atoms with Crippen LogP contribution in [-0.2, 0) is 17.1 Å². The Hall–Kier alpha value is -0.441. The van der Waals surface area contributed by atoms with Gasteiger partial charge >= 0.3 is 22.2 Å². The molecule has 6 N–H and O–H groups in total. The van der Waals surface area contributed by atoms with Crippen molar-refractivity contribution >= 4 is 0 Å². The monoisotopic (exact) mass is 243 g/mol. The number of nitrogens with zero attached hydrogens (tertiary/aromatic N) is 1. The number of hydrogen-bond acceptors (Lipinski definition) is 1. The first kappa shape index (κ1) is 22.9. The third-order valence-electron chi connectivity index (χ3n) is 0.250. The molecule has 0 aliphatic rings. The molecular weight excluding hydrogens is 230 g/mol. The van der Waals surface area contributed by atoms with E-state index in [0.29, 0.717) is 0 Å². The van der Waals surface area contributed by atoms with E-state index in [-0.39, 0.29) is 43.2 Å². The molecule has 85 valence electrons. The normalized spacial score (nSPS) is 6.46. The van der Waals surface area contributed by atoms with Crippen molar-refractivity contribution < 1.29 is 32.6 Å². The molecule has 0 amide bonds. The van der Waals surface area contributed by atoms with Crippen LogP contribution in [0.15, 0.2) is 0 Å². The molecule has 1 radical (unpaired) electrons. The first-order valence-corrected chi connectivity index (χ1v) is 3.00. The fourth-order valence-electron chi connectivity index (χ4n) is 0. The molecule has 0 fully saturated rings. The summed E-state index contributed by atoms with van der Waals surface area (Å²) in [5.41, 5.74) is 25.1. The average molecular weight is 244 g/mol. The van der Waals surface area contributed by atoms with Crippen molar-refractivity contribution in [2.75, 3.05) is 26.2 Å². The zero-order chi connectivity index (χ0) is 10.4. The molecule has 0 unspecified atom stereocenters. The van der Waals surface area contributed by atoms with Gasteiger partial charge in [-0.25, -0.2) is 10.4 Å². The Morgan fingerprint density at radius 3 is 0.923 bits per heavy atom. The summed E-state index contributed by atoms with van der Waals surface area (Å²) >= 11 is 0. The van der Waals surface area contributed by atoms with Crippen molar-refractivity contribution in [1.29, 1.82) is 0 Å². The van der Waals surface area contributed by atoms with E-state index < -0.39 is 5.09 Å². The molecule has 0 aliphatic heterocycles. The van der Waals surface area contributed by atoms with Crippen molar-refractivity contribution in [3.05, 3.63) is 27.8 Å². The van der Waals surface area contributed by atoms with Gasteiger partial charge in [0.05, 0.1) is 0 Å².